The Morgan fingerprint density at radius 1 is 1.28 bits per heavy atom. The van der Waals surface area contributed by atoms with Crippen LogP contribution in [0.2, 0.25) is 0 Å². The molecule has 0 aromatic rings. The first-order valence-corrected chi connectivity index (χ1v) is 8.79. The molecule has 1 rings (SSSR count). The summed E-state index contributed by atoms with van der Waals surface area (Å²) in [6.45, 7) is 8.20. The normalized spacial score (nSPS) is 21.1. The molecular formula is C13H28N2O2S. The van der Waals surface area contributed by atoms with Crippen LogP contribution in [0.4, 0.5) is 0 Å². The molecule has 1 saturated heterocycles. The molecule has 0 saturated carbocycles. The average molecular weight is 276 g/mol. The lowest BCUT2D eigenvalue weighted by molar-refractivity contribution is 0.137. The summed E-state index contributed by atoms with van der Waals surface area (Å²) in [6.07, 6.45) is 3.18. The van der Waals surface area contributed by atoms with Gasteiger partial charge >= 0.3 is 0 Å². The third kappa shape index (κ3) is 5.67. The van der Waals surface area contributed by atoms with Crippen LogP contribution in [0.1, 0.15) is 33.1 Å². The number of sulfone groups is 1. The van der Waals surface area contributed by atoms with Crippen molar-refractivity contribution >= 4 is 9.84 Å². The second kappa shape index (κ2) is 6.87. The van der Waals surface area contributed by atoms with E-state index >= 15 is 0 Å². The highest BCUT2D eigenvalue weighted by molar-refractivity contribution is 7.91. The molecule has 0 atom stereocenters. The second-order valence-electron chi connectivity index (χ2n) is 5.88. The lowest BCUT2D eigenvalue weighted by Gasteiger charge is -2.38. The van der Waals surface area contributed by atoms with E-state index in [0.717, 1.165) is 19.5 Å². The van der Waals surface area contributed by atoms with E-state index in [4.69, 9.17) is 0 Å². The summed E-state index contributed by atoms with van der Waals surface area (Å²) in [5, 5.41) is 3.42. The zero-order chi connectivity index (χ0) is 13.6. The highest BCUT2D eigenvalue weighted by Crippen LogP contribution is 2.29. The maximum atomic E-state index is 11.3. The van der Waals surface area contributed by atoms with E-state index in [1.54, 1.807) is 6.92 Å². The molecule has 108 valence electrons. The van der Waals surface area contributed by atoms with E-state index in [1.165, 1.54) is 25.9 Å². The van der Waals surface area contributed by atoms with Gasteiger partial charge in [-0.3, -0.25) is 0 Å². The summed E-state index contributed by atoms with van der Waals surface area (Å²) >= 11 is 0. The van der Waals surface area contributed by atoms with Crippen LogP contribution in [0.5, 0.6) is 0 Å². The van der Waals surface area contributed by atoms with Gasteiger partial charge in [-0.2, -0.15) is 0 Å². The number of hydrogen-bond acceptors (Lipinski definition) is 4. The SMILES string of the molecule is CCS(=O)(=O)CCCNCC1(C)CCN(C)CC1. The summed E-state index contributed by atoms with van der Waals surface area (Å²) < 4.78 is 22.7. The van der Waals surface area contributed by atoms with Crippen molar-refractivity contribution in [1.82, 2.24) is 10.2 Å². The van der Waals surface area contributed by atoms with Crippen LogP contribution in [0.15, 0.2) is 0 Å². The van der Waals surface area contributed by atoms with Gasteiger partial charge in [-0.05, 0) is 51.4 Å². The molecule has 0 aromatic carbocycles. The first-order valence-electron chi connectivity index (χ1n) is 6.97. The molecule has 0 unspecified atom stereocenters. The van der Waals surface area contributed by atoms with Gasteiger partial charge in [0.1, 0.15) is 9.84 Å². The van der Waals surface area contributed by atoms with E-state index in [0.29, 0.717) is 11.2 Å². The number of nitrogens with zero attached hydrogens (tertiary/aromatic N) is 1. The molecule has 0 amide bonds. The van der Waals surface area contributed by atoms with Gasteiger partial charge in [-0.1, -0.05) is 13.8 Å². The fourth-order valence-corrected chi connectivity index (χ4v) is 3.16. The third-order valence-electron chi connectivity index (χ3n) is 3.99. The predicted octanol–water partition coefficient (Wildman–Crippen LogP) is 1.13. The van der Waals surface area contributed by atoms with E-state index < -0.39 is 9.84 Å². The molecule has 1 fully saturated rings. The fourth-order valence-electron chi connectivity index (χ4n) is 2.29. The molecule has 0 aliphatic carbocycles. The van der Waals surface area contributed by atoms with Crippen LogP contribution in [0, 0.1) is 5.41 Å². The molecule has 0 radical (unpaired) electrons. The first-order chi connectivity index (χ1) is 8.37. The highest BCUT2D eigenvalue weighted by Gasteiger charge is 2.28. The minimum Gasteiger partial charge on any atom is -0.316 e. The van der Waals surface area contributed by atoms with Crippen LogP contribution >= 0.6 is 0 Å². The minimum atomic E-state index is -2.79. The Morgan fingerprint density at radius 2 is 1.89 bits per heavy atom. The quantitative estimate of drug-likeness (QED) is 0.708. The fraction of sp³-hybridized carbons (Fsp3) is 1.00. The standard InChI is InChI=1S/C13H28N2O2S/c1-4-18(16,17)11-5-8-14-12-13(2)6-9-15(3)10-7-13/h14H,4-12H2,1-3H3. The largest absolute Gasteiger partial charge is 0.316 e. The van der Waals surface area contributed by atoms with Crippen molar-refractivity contribution in [2.45, 2.75) is 33.1 Å². The van der Waals surface area contributed by atoms with Crippen molar-refractivity contribution < 1.29 is 8.42 Å². The summed E-state index contributed by atoms with van der Waals surface area (Å²) in [5.41, 5.74) is 0.385. The lowest BCUT2D eigenvalue weighted by Crippen LogP contribution is -2.42. The smallest absolute Gasteiger partial charge is 0.150 e. The lowest BCUT2D eigenvalue weighted by atomic mass is 9.80. The summed E-state index contributed by atoms with van der Waals surface area (Å²) in [7, 11) is -0.625. The zero-order valence-electron chi connectivity index (χ0n) is 12.0. The van der Waals surface area contributed by atoms with Crippen molar-refractivity contribution in [1.29, 1.82) is 0 Å². The average Bonchev–Trinajstić information content (AvgIpc) is 2.33. The summed E-state index contributed by atoms with van der Waals surface area (Å²) in [6, 6.07) is 0. The molecule has 0 bridgehead atoms. The van der Waals surface area contributed by atoms with Gasteiger partial charge in [-0.15, -0.1) is 0 Å². The Bertz CT molecular complexity index is 333. The zero-order valence-corrected chi connectivity index (χ0v) is 12.9. The molecule has 1 aliphatic rings. The van der Waals surface area contributed by atoms with E-state index in [1.807, 2.05) is 0 Å². The summed E-state index contributed by atoms with van der Waals surface area (Å²) in [5.74, 6) is 0.576. The number of nitrogens with one attached hydrogen (secondary N) is 1. The van der Waals surface area contributed by atoms with Crippen molar-refractivity contribution in [2.75, 3.05) is 44.7 Å². The van der Waals surface area contributed by atoms with Crippen LogP contribution < -0.4 is 5.32 Å². The second-order valence-corrected chi connectivity index (χ2v) is 8.35. The molecule has 18 heavy (non-hydrogen) atoms. The van der Waals surface area contributed by atoms with Gasteiger partial charge in [-0.25, -0.2) is 8.42 Å². The van der Waals surface area contributed by atoms with Crippen molar-refractivity contribution in [2.24, 2.45) is 5.41 Å². The Morgan fingerprint density at radius 3 is 2.44 bits per heavy atom. The topological polar surface area (TPSA) is 49.4 Å². The molecule has 4 nitrogen and oxygen atoms in total. The van der Waals surface area contributed by atoms with Crippen molar-refractivity contribution in [3.05, 3.63) is 0 Å². The van der Waals surface area contributed by atoms with Gasteiger partial charge in [0.2, 0.25) is 0 Å². The Hall–Kier alpha value is -0.130. The number of rotatable bonds is 7. The van der Waals surface area contributed by atoms with Gasteiger partial charge < -0.3 is 10.2 Å². The maximum Gasteiger partial charge on any atom is 0.150 e. The van der Waals surface area contributed by atoms with E-state index in [-0.39, 0.29) is 5.75 Å². The van der Waals surface area contributed by atoms with Gasteiger partial charge in [0.15, 0.2) is 0 Å². The van der Waals surface area contributed by atoms with Gasteiger partial charge in [0, 0.05) is 12.3 Å². The Labute approximate surface area is 112 Å². The van der Waals surface area contributed by atoms with Crippen LogP contribution in [-0.2, 0) is 9.84 Å². The predicted molar refractivity (Wildman–Crippen MR) is 76.7 cm³/mol. The third-order valence-corrected chi connectivity index (χ3v) is 5.78. The van der Waals surface area contributed by atoms with Crippen LogP contribution in [-0.4, -0.2) is 58.1 Å². The monoisotopic (exact) mass is 276 g/mol. The molecule has 0 aromatic heterocycles. The Balaban J connectivity index is 2.14. The molecular weight excluding hydrogens is 248 g/mol. The van der Waals surface area contributed by atoms with Crippen LogP contribution in [0.25, 0.3) is 0 Å². The van der Waals surface area contributed by atoms with Crippen molar-refractivity contribution in [3.8, 4) is 0 Å². The van der Waals surface area contributed by atoms with E-state index in [2.05, 4.69) is 24.2 Å². The minimum absolute atomic E-state index is 0.261. The number of piperidine rings is 1. The molecule has 1 heterocycles. The van der Waals surface area contributed by atoms with Gasteiger partial charge in [0.05, 0.1) is 5.75 Å². The van der Waals surface area contributed by atoms with Crippen molar-refractivity contribution in [3.63, 3.8) is 0 Å². The first kappa shape index (κ1) is 15.9. The molecule has 0 spiro atoms. The molecule has 5 heteroatoms. The molecule has 1 aliphatic heterocycles. The summed E-state index contributed by atoms with van der Waals surface area (Å²) in [4.78, 5) is 2.37. The molecule has 1 N–H and O–H groups in total. The maximum absolute atomic E-state index is 11.3. The van der Waals surface area contributed by atoms with Gasteiger partial charge in [0.25, 0.3) is 0 Å². The van der Waals surface area contributed by atoms with Crippen LogP contribution in [0.3, 0.4) is 0 Å². The highest BCUT2D eigenvalue weighted by atomic mass is 32.2. The Kier molecular flexibility index (Phi) is 6.08. The van der Waals surface area contributed by atoms with E-state index in [9.17, 15) is 8.42 Å². The number of hydrogen-bond donors (Lipinski definition) is 1. The number of likely N-dealkylation sites (tertiary alicyclic amines) is 1.